The smallest absolute Gasteiger partial charge is 0.224 e. The number of carbonyl (C=O) groups excluding carboxylic acids is 1. The standard InChI is InChI=1S/C14H19ClFN3O2/c1-21-7-4-13(20)19-5-2-11(3-6-19)18-14-12(16)8-10(15)9-17-14/h8-9,11H,2-7H2,1H3,(H,17,18). The van der Waals surface area contributed by atoms with E-state index in [0.717, 1.165) is 12.8 Å². The van der Waals surface area contributed by atoms with Gasteiger partial charge in [-0.2, -0.15) is 0 Å². The molecule has 1 saturated heterocycles. The van der Waals surface area contributed by atoms with Crippen LogP contribution in [0.2, 0.25) is 5.02 Å². The van der Waals surface area contributed by atoms with Gasteiger partial charge in [0.25, 0.3) is 0 Å². The molecule has 7 heteroatoms. The van der Waals surface area contributed by atoms with E-state index < -0.39 is 5.82 Å². The average Bonchev–Trinajstić information content (AvgIpc) is 2.48. The van der Waals surface area contributed by atoms with Gasteiger partial charge in [-0.05, 0) is 18.9 Å². The number of aromatic nitrogens is 1. The Bertz CT molecular complexity index is 493. The summed E-state index contributed by atoms with van der Waals surface area (Å²) >= 11 is 5.67. The molecule has 1 aromatic heterocycles. The number of nitrogens with zero attached hydrogens (tertiary/aromatic N) is 2. The van der Waals surface area contributed by atoms with Crippen LogP contribution in [-0.2, 0) is 9.53 Å². The van der Waals surface area contributed by atoms with E-state index >= 15 is 0 Å². The van der Waals surface area contributed by atoms with E-state index in [1.54, 1.807) is 7.11 Å². The van der Waals surface area contributed by atoms with Crippen molar-refractivity contribution in [2.24, 2.45) is 0 Å². The maximum Gasteiger partial charge on any atom is 0.224 e. The Hall–Kier alpha value is -1.40. The number of nitrogens with one attached hydrogen (secondary N) is 1. The van der Waals surface area contributed by atoms with Crippen molar-refractivity contribution in [3.63, 3.8) is 0 Å². The molecule has 1 amide bonds. The molecule has 5 nitrogen and oxygen atoms in total. The molecule has 0 aromatic carbocycles. The minimum absolute atomic E-state index is 0.103. The van der Waals surface area contributed by atoms with Crippen molar-refractivity contribution < 1.29 is 13.9 Å². The Morgan fingerprint density at radius 2 is 2.29 bits per heavy atom. The Labute approximate surface area is 128 Å². The quantitative estimate of drug-likeness (QED) is 0.906. The number of halogens is 2. The second kappa shape index (κ2) is 7.56. The molecule has 116 valence electrons. The van der Waals surface area contributed by atoms with E-state index in [0.29, 0.717) is 26.1 Å². The molecule has 0 spiro atoms. The average molecular weight is 316 g/mol. The predicted octanol–water partition coefficient (Wildman–Crippen LogP) is 2.31. The summed E-state index contributed by atoms with van der Waals surface area (Å²) in [5, 5.41) is 3.35. The highest BCUT2D eigenvalue weighted by Crippen LogP contribution is 2.20. The number of pyridine rings is 1. The number of ether oxygens (including phenoxy) is 1. The van der Waals surface area contributed by atoms with E-state index in [-0.39, 0.29) is 22.8 Å². The highest BCUT2D eigenvalue weighted by atomic mass is 35.5. The zero-order chi connectivity index (χ0) is 15.2. The first-order valence-corrected chi connectivity index (χ1v) is 7.32. The van der Waals surface area contributed by atoms with Crippen LogP contribution in [0.4, 0.5) is 10.2 Å². The number of piperidine rings is 1. The minimum atomic E-state index is -0.457. The summed E-state index contributed by atoms with van der Waals surface area (Å²) in [6.45, 7) is 1.77. The summed E-state index contributed by atoms with van der Waals surface area (Å²) in [5.41, 5.74) is 0. The molecular weight excluding hydrogens is 297 g/mol. The third kappa shape index (κ3) is 4.54. The molecular formula is C14H19ClFN3O2. The molecule has 0 radical (unpaired) electrons. The number of carbonyl (C=O) groups is 1. The monoisotopic (exact) mass is 315 g/mol. The molecule has 0 bridgehead atoms. The molecule has 2 heterocycles. The van der Waals surface area contributed by atoms with Gasteiger partial charge in [0.1, 0.15) is 0 Å². The van der Waals surface area contributed by atoms with Gasteiger partial charge in [0.2, 0.25) is 5.91 Å². The third-order valence-corrected chi connectivity index (χ3v) is 3.72. The summed E-state index contributed by atoms with van der Waals surface area (Å²) in [6.07, 6.45) is 3.35. The van der Waals surface area contributed by atoms with Crippen LogP contribution in [0.15, 0.2) is 12.3 Å². The van der Waals surface area contributed by atoms with Crippen LogP contribution in [0, 0.1) is 5.82 Å². The van der Waals surface area contributed by atoms with Gasteiger partial charge in [-0.3, -0.25) is 4.79 Å². The van der Waals surface area contributed by atoms with Crippen LogP contribution in [0.5, 0.6) is 0 Å². The van der Waals surface area contributed by atoms with Gasteiger partial charge in [-0.15, -0.1) is 0 Å². The molecule has 1 fully saturated rings. The molecule has 0 unspecified atom stereocenters. The van der Waals surface area contributed by atoms with E-state index in [4.69, 9.17) is 16.3 Å². The van der Waals surface area contributed by atoms with E-state index in [1.807, 2.05) is 4.90 Å². The fraction of sp³-hybridized carbons (Fsp3) is 0.571. The highest BCUT2D eigenvalue weighted by Gasteiger charge is 2.23. The zero-order valence-corrected chi connectivity index (χ0v) is 12.7. The lowest BCUT2D eigenvalue weighted by atomic mass is 10.0. The maximum absolute atomic E-state index is 13.7. The molecule has 1 aromatic rings. The Balaban J connectivity index is 1.82. The molecule has 0 atom stereocenters. The molecule has 0 aliphatic carbocycles. The summed E-state index contributed by atoms with van der Waals surface area (Å²) in [7, 11) is 1.58. The number of methoxy groups -OCH3 is 1. The van der Waals surface area contributed by atoms with Gasteiger partial charge in [0.15, 0.2) is 11.6 Å². The lowest BCUT2D eigenvalue weighted by Gasteiger charge is -2.32. The van der Waals surface area contributed by atoms with Crippen LogP contribution in [0.3, 0.4) is 0 Å². The van der Waals surface area contributed by atoms with Crippen molar-refractivity contribution in [2.75, 3.05) is 32.1 Å². The Kier molecular flexibility index (Phi) is 5.76. The Morgan fingerprint density at radius 3 is 2.90 bits per heavy atom. The van der Waals surface area contributed by atoms with Crippen LogP contribution in [-0.4, -0.2) is 48.6 Å². The molecule has 2 rings (SSSR count). The van der Waals surface area contributed by atoms with Crippen molar-refractivity contribution in [1.82, 2.24) is 9.88 Å². The largest absolute Gasteiger partial charge is 0.384 e. The number of anilines is 1. The first kappa shape index (κ1) is 16.0. The normalized spacial score (nSPS) is 16.0. The van der Waals surface area contributed by atoms with Gasteiger partial charge in [0.05, 0.1) is 18.1 Å². The first-order valence-electron chi connectivity index (χ1n) is 6.94. The number of rotatable bonds is 5. The Morgan fingerprint density at radius 1 is 1.57 bits per heavy atom. The van der Waals surface area contributed by atoms with Crippen molar-refractivity contribution in [2.45, 2.75) is 25.3 Å². The summed E-state index contributed by atoms with van der Waals surface area (Å²) < 4.78 is 18.6. The van der Waals surface area contributed by atoms with Crippen molar-refractivity contribution in [3.05, 3.63) is 23.1 Å². The lowest BCUT2D eigenvalue weighted by Crippen LogP contribution is -2.42. The van der Waals surface area contributed by atoms with Gasteiger partial charge in [-0.25, -0.2) is 9.37 Å². The van der Waals surface area contributed by atoms with Crippen molar-refractivity contribution in [1.29, 1.82) is 0 Å². The number of likely N-dealkylation sites (tertiary alicyclic amines) is 1. The van der Waals surface area contributed by atoms with Gasteiger partial charge >= 0.3 is 0 Å². The van der Waals surface area contributed by atoms with E-state index in [9.17, 15) is 9.18 Å². The lowest BCUT2D eigenvalue weighted by molar-refractivity contribution is -0.133. The summed E-state index contributed by atoms with van der Waals surface area (Å²) in [4.78, 5) is 17.6. The highest BCUT2D eigenvalue weighted by molar-refractivity contribution is 6.30. The molecule has 1 aliphatic rings. The maximum atomic E-state index is 13.7. The first-order chi connectivity index (χ1) is 10.1. The van der Waals surface area contributed by atoms with Gasteiger partial charge < -0.3 is 15.0 Å². The molecule has 1 N–H and O–H groups in total. The van der Waals surface area contributed by atoms with Crippen LogP contribution >= 0.6 is 11.6 Å². The minimum Gasteiger partial charge on any atom is -0.384 e. The van der Waals surface area contributed by atoms with Crippen LogP contribution in [0.25, 0.3) is 0 Å². The van der Waals surface area contributed by atoms with Gasteiger partial charge in [0, 0.05) is 32.4 Å². The van der Waals surface area contributed by atoms with Crippen molar-refractivity contribution in [3.8, 4) is 0 Å². The third-order valence-electron chi connectivity index (χ3n) is 3.52. The number of hydrogen-bond acceptors (Lipinski definition) is 4. The molecule has 21 heavy (non-hydrogen) atoms. The fourth-order valence-electron chi connectivity index (χ4n) is 2.33. The second-order valence-electron chi connectivity index (χ2n) is 5.03. The van der Waals surface area contributed by atoms with Crippen LogP contribution < -0.4 is 5.32 Å². The number of amides is 1. The summed E-state index contributed by atoms with van der Waals surface area (Å²) in [5.74, 6) is -0.143. The fourth-order valence-corrected chi connectivity index (χ4v) is 2.48. The topological polar surface area (TPSA) is 54.5 Å². The van der Waals surface area contributed by atoms with E-state index in [1.165, 1.54) is 12.3 Å². The van der Waals surface area contributed by atoms with Crippen molar-refractivity contribution >= 4 is 23.3 Å². The summed E-state index contributed by atoms with van der Waals surface area (Å²) in [6, 6.07) is 1.35. The molecule has 1 aliphatic heterocycles. The predicted molar refractivity (Wildman–Crippen MR) is 78.9 cm³/mol. The zero-order valence-electron chi connectivity index (χ0n) is 11.9. The van der Waals surface area contributed by atoms with E-state index in [2.05, 4.69) is 10.3 Å². The van der Waals surface area contributed by atoms with Gasteiger partial charge in [-0.1, -0.05) is 11.6 Å². The SMILES string of the molecule is COCCC(=O)N1CCC(Nc2ncc(Cl)cc2F)CC1. The number of hydrogen-bond donors (Lipinski definition) is 1. The molecule has 0 saturated carbocycles. The van der Waals surface area contributed by atoms with Crippen LogP contribution in [0.1, 0.15) is 19.3 Å². The second-order valence-corrected chi connectivity index (χ2v) is 5.46.